The van der Waals surface area contributed by atoms with Crippen LogP contribution in [0.1, 0.15) is 64.4 Å². The molecule has 4 aromatic carbocycles. The first-order valence-electron chi connectivity index (χ1n) is 31.7. The van der Waals surface area contributed by atoms with Crippen molar-refractivity contribution in [2.24, 2.45) is 0 Å². The normalized spacial score (nSPS) is 15.4. The average Bonchev–Trinajstić information content (AvgIpc) is 3.14. The van der Waals surface area contributed by atoms with Gasteiger partial charge in [0.15, 0.2) is 0 Å². The van der Waals surface area contributed by atoms with E-state index in [1.54, 1.807) is 11.1 Å². The van der Waals surface area contributed by atoms with E-state index < -0.39 is 125 Å². The molecule has 0 spiro atoms. The van der Waals surface area contributed by atoms with Crippen LogP contribution in [0.4, 0.5) is 0 Å². The summed E-state index contributed by atoms with van der Waals surface area (Å²) in [5.41, 5.74) is 11.1. The first kappa shape index (κ1) is 71.3. The van der Waals surface area contributed by atoms with Gasteiger partial charge in [0.05, 0.1) is 0 Å². The van der Waals surface area contributed by atoms with Gasteiger partial charge in [0.1, 0.15) is 0 Å². The van der Waals surface area contributed by atoms with E-state index in [-0.39, 0.29) is 0 Å². The Bertz CT molecular complexity index is 2640. The third-order valence-electron chi connectivity index (χ3n) is 18.2. The molecule has 0 nitrogen and oxygen atoms in total. The van der Waals surface area contributed by atoms with Gasteiger partial charge < -0.3 is 0 Å². The molecule has 0 atom stereocenters. The molecule has 0 N–H and O–H groups in total. The van der Waals surface area contributed by atoms with E-state index in [9.17, 15) is 0 Å². The molecule has 5 rings (SSSR count). The Hall–Kier alpha value is 0.568. The van der Waals surface area contributed by atoms with E-state index in [4.69, 9.17) is 0 Å². The van der Waals surface area contributed by atoms with Crippen LogP contribution >= 0.6 is 0 Å². The van der Waals surface area contributed by atoms with Crippen LogP contribution in [-0.4, -0.2) is 125 Å². The summed E-state index contributed by atoms with van der Waals surface area (Å²) in [6.07, 6.45) is 0. The number of hydrogen-bond donors (Lipinski definition) is 0. The van der Waals surface area contributed by atoms with Crippen LogP contribution in [0.25, 0.3) is 0 Å². The van der Waals surface area contributed by atoms with Gasteiger partial charge >= 0.3 is 523 Å². The molecule has 0 radical (unpaired) electrons. The molecule has 80 heavy (non-hydrogen) atoms. The Kier molecular flexibility index (Phi) is 21.0. The molecule has 0 unspecified atom stereocenters. The van der Waals surface area contributed by atoms with Gasteiger partial charge in [0, 0.05) is 0 Å². The van der Waals surface area contributed by atoms with Crippen molar-refractivity contribution >= 4 is 142 Å². The fourth-order valence-corrected chi connectivity index (χ4v) is 117. The maximum atomic E-state index is 3.05. The van der Waals surface area contributed by atoms with Crippen LogP contribution in [0.15, 0.2) is 72.8 Å². The fourth-order valence-electron chi connectivity index (χ4n) is 19.4. The molecule has 0 fully saturated rings. The van der Waals surface area contributed by atoms with Crippen LogP contribution in [0, 0.1) is 7.99 Å². The summed E-state index contributed by atoms with van der Waals surface area (Å²) in [6, 6.07) is 33.6. The summed E-state index contributed by atoms with van der Waals surface area (Å²) in [4.78, 5) is 0. The summed E-state index contributed by atoms with van der Waals surface area (Å²) in [6.45, 7) is 99.7. The first-order chi connectivity index (χ1) is 35.4. The molecule has 1 aliphatic heterocycles. The van der Waals surface area contributed by atoms with Crippen molar-refractivity contribution in [1.29, 1.82) is 0 Å². The molecular weight excluding hydrogens is 1270 g/mol. The van der Waals surface area contributed by atoms with Crippen LogP contribution in [0.3, 0.4) is 0 Å². The van der Waals surface area contributed by atoms with Crippen molar-refractivity contribution in [2.45, 2.75) is 267 Å². The molecule has 4 aromatic rings. The quantitative estimate of drug-likeness (QED) is 0.0682. The SMILES string of the molecule is C[Si](C)(C)C(c1cc(C([Si](C)(C)C)[Si](C)(C)C)[c]([Ge]2=[c]3cccc[c]3=[Ge]([c]3c(C([Si](C)(C)C)[Si](C)(C)C)cc(C([Si](C)(C)C)[Si](C)(C)C)cc3C([Si](C)(C)C)[Si](C)(C)C)[c]3cccc[c]32)c(C([Si](C)(C)C)[Si](C)(C)C)c1)[Si](C)(C)C. The molecule has 1 aliphatic rings. The van der Waals surface area contributed by atoms with Crippen LogP contribution < -0.4 is 17.6 Å². The molecule has 0 amide bonds. The minimum absolute atomic E-state index is 0.674. The first-order valence-corrected chi connectivity index (χ1v) is 80.9. The van der Waals surface area contributed by atoms with E-state index >= 15 is 0 Å². The Labute approximate surface area is 518 Å². The molecule has 0 saturated carbocycles. The Morgan fingerprint density at radius 3 is 0.550 bits per heavy atom. The van der Waals surface area contributed by atoms with E-state index in [1.165, 1.54) is 0 Å². The monoisotopic (exact) mass is 1400 g/mol. The summed E-state index contributed by atoms with van der Waals surface area (Å²) in [7, 11) is -21.0. The van der Waals surface area contributed by atoms with E-state index in [2.05, 4.69) is 308 Å². The zero-order valence-corrected chi connectivity index (χ0v) is 75.6. The molecule has 0 aliphatic carbocycles. The molecule has 446 valence electrons. The zero-order chi connectivity index (χ0) is 62.0. The van der Waals surface area contributed by atoms with Crippen molar-refractivity contribution in [1.82, 2.24) is 0 Å². The van der Waals surface area contributed by atoms with Gasteiger partial charge in [-0.3, -0.25) is 0 Å². The van der Waals surface area contributed by atoms with Gasteiger partial charge in [0.2, 0.25) is 0 Å². The van der Waals surface area contributed by atoms with E-state index in [1.807, 2.05) is 47.8 Å². The predicted molar refractivity (Wildman–Crippen MR) is 410 cm³/mol. The molecule has 14 heteroatoms. The van der Waals surface area contributed by atoms with Crippen molar-refractivity contribution in [3.63, 3.8) is 0 Å². The van der Waals surface area contributed by atoms with Crippen molar-refractivity contribution in [3.05, 3.63) is 114 Å². The minimum atomic E-state index is -2.61. The van der Waals surface area contributed by atoms with Crippen LogP contribution in [0.5, 0.6) is 0 Å². The van der Waals surface area contributed by atoms with Gasteiger partial charge in [-0.25, -0.2) is 0 Å². The average molecular weight is 1400 g/mol. The zero-order valence-electron chi connectivity index (χ0n) is 59.4. The van der Waals surface area contributed by atoms with Crippen LogP contribution in [0.2, 0.25) is 236 Å². The second kappa shape index (κ2) is 23.5. The van der Waals surface area contributed by atoms with E-state index in [0.717, 1.165) is 0 Å². The Morgan fingerprint density at radius 1 is 0.225 bits per heavy atom. The van der Waals surface area contributed by atoms with Gasteiger partial charge in [-0.15, -0.1) is 0 Å². The molecule has 0 aromatic heterocycles. The van der Waals surface area contributed by atoms with E-state index in [0.29, 0.717) is 31.0 Å². The van der Waals surface area contributed by atoms with Crippen molar-refractivity contribution < 1.29 is 0 Å². The number of benzene rings is 4. The van der Waals surface area contributed by atoms with Gasteiger partial charge in [-0.2, -0.15) is 0 Å². The standard InChI is InChI=1S/C66H126Ge2Si12/c1-69(2,3)61(70(4,5)6)49-45-51(63(73(13,14)15)74(16,17)18)59(52(46-49)64(75(19,20)21)76(22,23)24)67-55-41-37-39-43-57(55)68(58-44-40-38-42-56(58)67)60-53(65(77(25,26)27)78(28,29)30)47-50(62(71(7,8)9)72(10,11)12)48-54(60)66(79(31,32)33)80(34,35)36/h37-48,61-66H,1-36H3. The molecular formula is C66H126Ge2Si12. The van der Waals surface area contributed by atoms with Gasteiger partial charge in [0.25, 0.3) is 0 Å². The van der Waals surface area contributed by atoms with Crippen molar-refractivity contribution in [2.75, 3.05) is 0 Å². The topological polar surface area (TPSA) is 0 Å². The fraction of sp³-hybridized carbons (Fsp3) is 0.636. The molecule has 0 saturated heterocycles. The predicted octanol–water partition coefficient (Wildman–Crippen LogP) is 19.3. The molecule has 0 bridgehead atoms. The number of fused-ring (bicyclic) bond motifs is 2. The summed E-state index contributed by atoms with van der Waals surface area (Å²) >= 11 is -5.23. The summed E-state index contributed by atoms with van der Waals surface area (Å²) in [5.74, 6) is 0. The third kappa shape index (κ3) is 15.5. The number of rotatable bonds is 20. The van der Waals surface area contributed by atoms with Gasteiger partial charge in [-0.05, 0) is 0 Å². The Balaban J connectivity index is 2.43. The maximum absolute atomic E-state index is 3.05. The summed E-state index contributed by atoms with van der Waals surface area (Å²) < 4.78 is 11.4. The summed E-state index contributed by atoms with van der Waals surface area (Å²) in [5, 5.41) is 4.12. The van der Waals surface area contributed by atoms with Crippen molar-refractivity contribution in [3.8, 4) is 0 Å². The number of hydrogen-bond acceptors (Lipinski definition) is 0. The second-order valence-corrected chi connectivity index (χ2v) is 116. The van der Waals surface area contributed by atoms with Gasteiger partial charge in [-0.1, -0.05) is 0 Å². The Morgan fingerprint density at radius 2 is 0.388 bits per heavy atom. The third-order valence-corrected chi connectivity index (χ3v) is 88.9. The molecule has 1 heterocycles. The van der Waals surface area contributed by atoms with Crippen LogP contribution in [-0.2, 0) is 0 Å². The second-order valence-electron chi connectivity index (χ2n) is 39.0.